The minimum atomic E-state index is -1.04. The smallest absolute Gasteiger partial charge is 0.455 e. The summed E-state index contributed by atoms with van der Waals surface area (Å²) < 4.78 is 11.7. The molecule has 0 spiro atoms. The largest absolute Gasteiger partial charge is 0.508 e. The number of rotatable bonds is 9. The molecule has 1 aliphatic carbocycles. The molecule has 42 heavy (non-hydrogen) atoms. The third-order valence-electron chi connectivity index (χ3n) is 8.52. The predicted octanol–water partition coefficient (Wildman–Crippen LogP) is 4.81. The summed E-state index contributed by atoms with van der Waals surface area (Å²) in [5, 5.41) is 22.6. The van der Waals surface area contributed by atoms with Crippen molar-refractivity contribution in [1.29, 1.82) is 0 Å². The van der Waals surface area contributed by atoms with Gasteiger partial charge in [0.1, 0.15) is 5.75 Å². The van der Waals surface area contributed by atoms with Crippen LogP contribution in [0.4, 0.5) is 0 Å². The van der Waals surface area contributed by atoms with Gasteiger partial charge in [0, 0.05) is 18.2 Å². The molecule has 1 aromatic carbocycles. The molecule has 3 aromatic rings. The summed E-state index contributed by atoms with van der Waals surface area (Å²) in [5.74, 6) is -1.38. The van der Waals surface area contributed by atoms with Gasteiger partial charge in [0.15, 0.2) is 0 Å². The first-order valence-corrected chi connectivity index (χ1v) is 15.1. The summed E-state index contributed by atoms with van der Waals surface area (Å²) >= 11 is 1.53. The van der Waals surface area contributed by atoms with Crippen LogP contribution in [-0.2, 0) is 25.5 Å². The number of thiophene rings is 1. The third kappa shape index (κ3) is 5.72. The van der Waals surface area contributed by atoms with E-state index in [0.29, 0.717) is 25.9 Å². The molecule has 2 aliphatic heterocycles. The van der Waals surface area contributed by atoms with Crippen LogP contribution >= 0.6 is 11.3 Å². The monoisotopic (exact) mass is 584 g/mol. The highest BCUT2D eigenvalue weighted by Crippen LogP contribution is 2.51. The fraction of sp³-hybridized carbons (Fsp3) is 0.344. The van der Waals surface area contributed by atoms with E-state index in [9.17, 15) is 19.7 Å². The SMILES string of the molecule is COCC1=C2[C@@H](CC/C(=C/c3ccc(O)cc3)c3ccccn3)OB(O)C[C@@H]2[C@@H]2C(=O)N(Cc3cccs3)C(=O)[C@@H]2C1. The third-order valence-corrected chi connectivity index (χ3v) is 9.38. The number of fused-ring (bicyclic) bond motifs is 3. The van der Waals surface area contributed by atoms with Crippen LogP contribution in [0.15, 0.2) is 77.3 Å². The van der Waals surface area contributed by atoms with Crippen molar-refractivity contribution in [3.63, 3.8) is 0 Å². The molecule has 6 rings (SSSR count). The Labute approximate surface area is 249 Å². The van der Waals surface area contributed by atoms with Gasteiger partial charge in [-0.05, 0) is 95.6 Å². The maximum Gasteiger partial charge on any atom is 0.455 e. The standard InChI is InChI=1S/C32H33BN2O6S/c1-40-19-22-16-25-30(32(38)35(31(25)37)18-24-5-4-14-42-24)26-17-33(39)41-28(29(22)26)12-9-21(27-6-2-3-13-34-27)15-20-7-10-23(36)11-8-20/h2-8,10-11,13-15,25-26,28,30,36,39H,9,12,16-19H2,1H3/b21-15-/t25-,26+,28-,30-/m1/s1. The van der Waals surface area contributed by atoms with Gasteiger partial charge in [-0.2, -0.15) is 0 Å². The van der Waals surface area contributed by atoms with E-state index in [1.165, 1.54) is 16.2 Å². The highest BCUT2D eigenvalue weighted by atomic mass is 32.1. The number of hydrogen-bond acceptors (Lipinski definition) is 8. The van der Waals surface area contributed by atoms with Gasteiger partial charge in [0.2, 0.25) is 11.8 Å². The number of carbonyl (C=O) groups excluding carboxylic acids is 2. The van der Waals surface area contributed by atoms with Crippen molar-refractivity contribution < 1.29 is 29.1 Å². The number of phenolic OH excluding ortho intramolecular Hbond substituents is 1. The Morgan fingerprint density at radius 1 is 1.14 bits per heavy atom. The van der Waals surface area contributed by atoms with Crippen LogP contribution in [0.25, 0.3) is 11.6 Å². The predicted molar refractivity (Wildman–Crippen MR) is 161 cm³/mol. The first kappa shape index (κ1) is 28.5. The van der Waals surface area contributed by atoms with Crippen LogP contribution in [0.1, 0.15) is 35.4 Å². The van der Waals surface area contributed by atoms with E-state index in [0.717, 1.165) is 32.9 Å². The van der Waals surface area contributed by atoms with E-state index >= 15 is 0 Å². The molecule has 0 radical (unpaired) electrons. The van der Waals surface area contributed by atoms with Crippen molar-refractivity contribution in [2.45, 2.75) is 38.2 Å². The van der Waals surface area contributed by atoms with Gasteiger partial charge in [-0.15, -0.1) is 11.3 Å². The van der Waals surface area contributed by atoms with Crippen molar-refractivity contribution in [3.8, 4) is 5.75 Å². The topological polar surface area (TPSA) is 109 Å². The van der Waals surface area contributed by atoms with Crippen LogP contribution < -0.4 is 0 Å². The number of phenols is 1. The Hall–Kier alpha value is -3.57. The lowest BCUT2D eigenvalue weighted by Gasteiger charge is -2.43. The van der Waals surface area contributed by atoms with Gasteiger partial charge in [-0.25, -0.2) is 0 Å². The second-order valence-electron chi connectivity index (χ2n) is 11.1. The summed E-state index contributed by atoms with van der Waals surface area (Å²) in [7, 11) is 0.590. The number of nitrogens with zero attached hydrogens (tertiary/aromatic N) is 2. The van der Waals surface area contributed by atoms with Crippen LogP contribution in [0.3, 0.4) is 0 Å². The zero-order chi connectivity index (χ0) is 29.2. The van der Waals surface area contributed by atoms with Gasteiger partial charge in [0.05, 0.1) is 36.8 Å². The minimum Gasteiger partial charge on any atom is -0.508 e. The fourth-order valence-corrected chi connectivity index (χ4v) is 7.43. The zero-order valence-corrected chi connectivity index (χ0v) is 24.2. The molecule has 4 atom stereocenters. The van der Waals surface area contributed by atoms with Gasteiger partial charge < -0.3 is 19.5 Å². The van der Waals surface area contributed by atoms with Crippen LogP contribution in [-0.4, -0.2) is 58.8 Å². The van der Waals surface area contributed by atoms with Crippen LogP contribution in [0.5, 0.6) is 5.75 Å². The maximum absolute atomic E-state index is 13.8. The molecule has 0 saturated carbocycles. The van der Waals surface area contributed by atoms with Gasteiger partial charge in [-0.1, -0.05) is 24.3 Å². The number of allylic oxidation sites excluding steroid dienone is 1. The van der Waals surface area contributed by atoms with Crippen molar-refractivity contribution in [1.82, 2.24) is 9.88 Å². The molecule has 4 heterocycles. The number of likely N-dealkylation sites (tertiary alicyclic amines) is 1. The molecule has 2 N–H and O–H groups in total. The number of aromatic nitrogens is 1. The molecule has 8 nitrogen and oxygen atoms in total. The number of hydrogen-bond donors (Lipinski definition) is 2. The molecular weight excluding hydrogens is 551 g/mol. The Kier molecular flexibility index (Phi) is 8.39. The van der Waals surface area contributed by atoms with Gasteiger partial charge in [0.25, 0.3) is 0 Å². The molecule has 2 saturated heterocycles. The number of pyridine rings is 1. The minimum absolute atomic E-state index is 0.141. The van der Waals surface area contributed by atoms with E-state index in [4.69, 9.17) is 9.39 Å². The second-order valence-corrected chi connectivity index (χ2v) is 12.1. The molecule has 2 amide bonds. The normalized spacial score (nSPS) is 24.3. The molecule has 3 aliphatic rings. The lowest BCUT2D eigenvalue weighted by Crippen LogP contribution is -2.46. The number of methoxy groups -OCH3 is 1. The van der Waals surface area contributed by atoms with E-state index in [1.807, 2.05) is 53.9 Å². The van der Waals surface area contributed by atoms with Crippen LogP contribution in [0, 0.1) is 17.8 Å². The number of aromatic hydroxyl groups is 1. The van der Waals surface area contributed by atoms with Crippen molar-refractivity contribution in [2.24, 2.45) is 17.8 Å². The summed E-state index contributed by atoms with van der Waals surface area (Å²) in [5.41, 5.74) is 4.72. The summed E-state index contributed by atoms with van der Waals surface area (Å²) in [6.45, 7) is 0.621. The highest BCUT2D eigenvalue weighted by molar-refractivity contribution is 7.09. The molecule has 0 unspecified atom stereocenters. The number of carbonyl (C=O) groups is 2. The lowest BCUT2D eigenvalue weighted by atomic mass is 9.58. The van der Waals surface area contributed by atoms with E-state index in [2.05, 4.69) is 4.98 Å². The van der Waals surface area contributed by atoms with E-state index < -0.39 is 25.1 Å². The first-order chi connectivity index (χ1) is 20.4. The highest BCUT2D eigenvalue weighted by Gasteiger charge is 2.57. The Balaban J connectivity index is 1.30. The number of imide groups is 1. The zero-order valence-electron chi connectivity index (χ0n) is 23.4. The molecule has 0 bridgehead atoms. The van der Waals surface area contributed by atoms with Crippen molar-refractivity contribution in [3.05, 3.63) is 93.5 Å². The number of amides is 2. The average Bonchev–Trinajstić information content (AvgIpc) is 3.59. The van der Waals surface area contributed by atoms with Crippen LogP contribution in [0.2, 0.25) is 6.32 Å². The summed E-state index contributed by atoms with van der Waals surface area (Å²) in [4.78, 5) is 34.3. The van der Waals surface area contributed by atoms with Gasteiger partial charge in [-0.3, -0.25) is 19.5 Å². The second kappa shape index (κ2) is 12.3. The van der Waals surface area contributed by atoms with Crippen molar-refractivity contribution >= 4 is 41.9 Å². The Morgan fingerprint density at radius 2 is 1.98 bits per heavy atom. The maximum atomic E-state index is 13.8. The lowest BCUT2D eigenvalue weighted by molar-refractivity contribution is -0.140. The number of ether oxygens (including phenoxy) is 1. The van der Waals surface area contributed by atoms with Gasteiger partial charge >= 0.3 is 7.12 Å². The fourth-order valence-electron chi connectivity index (χ4n) is 6.74. The molecule has 2 aromatic heterocycles. The Bertz CT molecular complexity index is 1490. The Morgan fingerprint density at radius 3 is 2.69 bits per heavy atom. The van der Waals surface area contributed by atoms with E-state index in [1.54, 1.807) is 25.4 Å². The first-order valence-electron chi connectivity index (χ1n) is 14.3. The molecule has 10 heteroatoms. The van der Waals surface area contributed by atoms with Crippen molar-refractivity contribution in [2.75, 3.05) is 13.7 Å². The summed E-state index contributed by atoms with van der Waals surface area (Å²) in [6.07, 6.45) is 5.21. The van der Waals surface area contributed by atoms with E-state index in [-0.39, 0.29) is 36.3 Å². The summed E-state index contributed by atoms with van der Waals surface area (Å²) in [6, 6.07) is 16.6. The average molecular weight is 585 g/mol. The number of benzene rings is 1. The molecular formula is C32H33BN2O6S. The quantitative estimate of drug-likeness (QED) is 0.211. The molecule has 216 valence electrons. The molecule has 2 fully saturated rings.